The van der Waals surface area contributed by atoms with E-state index in [0.29, 0.717) is 23.7 Å². The van der Waals surface area contributed by atoms with Gasteiger partial charge in [0.05, 0.1) is 0 Å². The maximum atomic E-state index is 12.1. The van der Waals surface area contributed by atoms with Gasteiger partial charge in [0.2, 0.25) is 0 Å². The van der Waals surface area contributed by atoms with Gasteiger partial charge in [0, 0.05) is 35.6 Å². The largest absolute Gasteiger partial charge is 0.337 e. The average molecular weight is 392 g/mol. The molecule has 140 valence electrons. The summed E-state index contributed by atoms with van der Waals surface area (Å²) >= 11 is 5.94. The molecular weight excluding hydrogens is 374 g/mol. The zero-order valence-electron chi connectivity index (χ0n) is 15.0. The highest BCUT2D eigenvalue weighted by Gasteiger charge is 2.13. The molecule has 0 aliphatic carbocycles. The van der Waals surface area contributed by atoms with Crippen molar-refractivity contribution in [3.63, 3.8) is 0 Å². The number of hydrogen-bond donors (Lipinski definition) is 2. The Morgan fingerprint density at radius 3 is 2.71 bits per heavy atom. The zero-order valence-corrected chi connectivity index (χ0v) is 15.7. The maximum absolute atomic E-state index is 12.1. The fourth-order valence-electron chi connectivity index (χ4n) is 3.00. The van der Waals surface area contributed by atoms with Crippen molar-refractivity contribution in [3.8, 4) is 5.69 Å². The van der Waals surface area contributed by atoms with E-state index >= 15 is 0 Å². The predicted octanol–water partition coefficient (Wildman–Crippen LogP) is 4.44. The molecule has 0 spiro atoms. The van der Waals surface area contributed by atoms with Gasteiger partial charge < -0.3 is 10.6 Å². The molecule has 0 saturated carbocycles. The predicted molar refractivity (Wildman–Crippen MR) is 111 cm³/mol. The lowest BCUT2D eigenvalue weighted by Crippen LogP contribution is -2.30. The third kappa shape index (κ3) is 3.97. The molecule has 6 nitrogen and oxygen atoms in total. The van der Waals surface area contributed by atoms with Crippen LogP contribution in [0.5, 0.6) is 0 Å². The quantitative estimate of drug-likeness (QED) is 0.528. The topological polar surface area (TPSA) is 71.8 Å². The molecule has 0 atom stereocenters. The van der Waals surface area contributed by atoms with Gasteiger partial charge >= 0.3 is 6.03 Å². The van der Waals surface area contributed by atoms with E-state index in [1.165, 1.54) is 0 Å². The van der Waals surface area contributed by atoms with Crippen LogP contribution >= 0.6 is 11.6 Å². The maximum Gasteiger partial charge on any atom is 0.319 e. The molecule has 7 heteroatoms. The van der Waals surface area contributed by atoms with E-state index in [0.717, 1.165) is 22.7 Å². The van der Waals surface area contributed by atoms with Gasteiger partial charge in [0.15, 0.2) is 5.65 Å². The number of aromatic nitrogens is 3. The van der Waals surface area contributed by atoms with Crippen LogP contribution in [0, 0.1) is 0 Å². The van der Waals surface area contributed by atoms with Crippen molar-refractivity contribution in [2.24, 2.45) is 0 Å². The molecule has 2 heterocycles. The monoisotopic (exact) mass is 391 g/mol. The van der Waals surface area contributed by atoms with Crippen LogP contribution in [0.25, 0.3) is 16.9 Å². The first-order valence-electron chi connectivity index (χ1n) is 8.89. The van der Waals surface area contributed by atoms with E-state index < -0.39 is 0 Å². The Labute approximate surface area is 167 Å². The number of pyridine rings is 1. The fraction of sp³-hybridized carbons (Fsp3) is 0.0952. The Balaban J connectivity index is 1.48. The lowest BCUT2D eigenvalue weighted by Gasteiger charge is -2.10. The number of rotatable bonds is 5. The van der Waals surface area contributed by atoms with Gasteiger partial charge in [-0.3, -0.25) is 4.57 Å². The molecule has 0 saturated heterocycles. The number of fused-ring (bicyclic) bond motifs is 1. The number of benzene rings is 2. The molecule has 2 N–H and O–H groups in total. The van der Waals surface area contributed by atoms with Crippen molar-refractivity contribution < 1.29 is 4.79 Å². The second-order valence-electron chi connectivity index (χ2n) is 6.19. The normalized spacial score (nSPS) is 10.8. The summed E-state index contributed by atoms with van der Waals surface area (Å²) in [5.41, 5.74) is 3.25. The summed E-state index contributed by atoms with van der Waals surface area (Å²) in [6.45, 7) is 0.433. The third-order valence-electron chi connectivity index (χ3n) is 4.22. The fourth-order valence-corrected chi connectivity index (χ4v) is 3.20. The molecular formula is C21H18ClN5O. The summed E-state index contributed by atoms with van der Waals surface area (Å²) < 4.78 is 2.02. The summed E-state index contributed by atoms with van der Waals surface area (Å²) in [6, 6.07) is 20.5. The van der Waals surface area contributed by atoms with Crippen LogP contribution in [0.2, 0.25) is 5.02 Å². The first kappa shape index (κ1) is 18.0. The Kier molecular flexibility index (Phi) is 5.21. The number of amides is 2. The van der Waals surface area contributed by atoms with E-state index in [1.807, 2.05) is 47.0 Å². The van der Waals surface area contributed by atoms with Gasteiger partial charge in [-0.2, -0.15) is 0 Å². The molecule has 0 unspecified atom stereocenters. The number of nitrogens with one attached hydrogen (secondary N) is 2. The number of halogens is 1. The third-order valence-corrected chi connectivity index (χ3v) is 4.45. The van der Waals surface area contributed by atoms with Crippen LogP contribution in [0.15, 0.2) is 72.9 Å². The van der Waals surface area contributed by atoms with Gasteiger partial charge in [-0.1, -0.05) is 35.9 Å². The number of carbonyl (C=O) groups excluding carboxylic acids is 1. The highest BCUT2D eigenvalue weighted by Crippen LogP contribution is 2.20. The number of para-hydroxylation sites is 1. The van der Waals surface area contributed by atoms with Crippen LogP contribution in [0.4, 0.5) is 10.5 Å². The molecule has 4 rings (SSSR count). The molecule has 28 heavy (non-hydrogen) atoms. The van der Waals surface area contributed by atoms with Crippen LogP contribution in [0.1, 0.15) is 5.82 Å². The van der Waals surface area contributed by atoms with Gasteiger partial charge in [-0.05, 0) is 42.5 Å². The summed E-state index contributed by atoms with van der Waals surface area (Å²) in [4.78, 5) is 21.3. The number of imidazole rings is 1. The number of anilines is 1. The van der Waals surface area contributed by atoms with Crippen LogP contribution < -0.4 is 10.6 Å². The minimum absolute atomic E-state index is 0.289. The summed E-state index contributed by atoms with van der Waals surface area (Å²) in [6.07, 6.45) is 2.32. The number of carbonyl (C=O) groups is 1. The molecule has 0 aliphatic heterocycles. The SMILES string of the molecule is O=C(NCCc1nc2cccnc2n1-c1ccccc1)Nc1cccc(Cl)c1. The molecule has 0 fully saturated rings. The summed E-state index contributed by atoms with van der Waals surface area (Å²) in [5.74, 6) is 0.836. The zero-order chi connectivity index (χ0) is 19.3. The Hall–Kier alpha value is -3.38. The van der Waals surface area contributed by atoms with Crippen molar-refractivity contribution in [1.29, 1.82) is 0 Å². The second kappa shape index (κ2) is 8.10. The highest BCUT2D eigenvalue weighted by atomic mass is 35.5. The van der Waals surface area contributed by atoms with E-state index in [1.54, 1.807) is 30.5 Å². The average Bonchev–Trinajstić information content (AvgIpc) is 3.07. The number of hydrogen-bond acceptors (Lipinski definition) is 3. The van der Waals surface area contributed by atoms with Crippen LogP contribution in [-0.2, 0) is 6.42 Å². The molecule has 0 aliphatic rings. The lowest BCUT2D eigenvalue weighted by atomic mass is 10.3. The number of urea groups is 1. The second-order valence-corrected chi connectivity index (χ2v) is 6.62. The summed E-state index contributed by atoms with van der Waals surface area (Å²) in [7, 11) is 0. The van der Waals surface area contributed by atoms with E-state index in [9.17, 15) is 4.79 Å². The van der Waals surface area contributed by atoms with Gasteiger partial charge in [-0.15, -0.1) is 0 Å². The van der Waals surface area contributed by atoms with E-state index in [2.05, 4.69) is 15.6 Å². The standard InChI is InChI=1S/C21H18ClN5O/c22-15-6-4-7-16(14-15)25-21(28)24-13-11-19-26-18-10-5-12-23-20(18)27(19)17-8-2-1-3-9-17/h1-10,12,14H,11,13H2,(H2,24,25,28). The highest BCUT2D eigenvalue weighted by molar-refractivity contribution is 6.30. The lowest BCUT2D eigenvalue weighted by molar-refractivity contribution is 0.252. The minimum atomic E-state index is -0.289. The Morgan fingerprint density at radius 1 is 1.04 bits per heavy atom. The minimum Gasteiger partial charge on any atom is -0.337 e. The van der Waals surface area contributed by atoms with Crippen molar-refractivity contribution in [2.45, 2.75) is 6.42 Å². The number of nitrogens with zero attached hydrogens (tertiary/aromatic N) is 3. The summed E-state index contributed by atoms with van der Waals surface area (Å²) in [5, 5.41) is 6.19. The van der Waals surface area contributed by atoms with Gasteiger partial charge in [-0.25, -0.2) is 14.8 Å². The van der Waals surface area contributed by atoms with E-state index in [4.69, 9.17) is 16.6 Å². The Bertz CT molecular complexity index is 1110. The first-order chi connectivity index (χ1) is 13.7. The molecule has 4 aromatic rings. The molecule has 2 amide bonds. The van der Waals surface area contributed by atoms with Crippen molar-refractivity contribution in [2.75, 3.05) is 11.9 Å². The molecule has 0 radical (unpaired) electrons. The molecule has 2 aromatic carbocycles. The van der Waals surface area contributed by atoms with Gasteiger partial charge in [0.1, 0.15) is 11.3 Å². The molecule has 0 bridgehead atoms. The van der Waals surface area contributed by atoms with Crippen LogP contribution in [0.3, 0.4) is 0 Å². The van der Waals surface area contributed by atoms with Crippen LogP contribution in [-0.4, -0.2) is 27.1 Å². The molecule has 2 aromatic heterocycles. The van der Waals surface area contributed by atoms with Crippen molar-refractivity contribution >= 4 is 34.5 Å². The van der Waals surface area contributed by atoms with Gasteiger partial charge in [0.25, 0.3) is 0 Å². The first-order valence-corrected chi connectivity index (χ1v) is 9.27. The smallest absolute Gasteiger partial charge is 0.319 e. The Morgan fingerprint density at radius 2 is 1.89 bits per heavy atom. The van der Waals surface area contributed by atoms with E-state index in [-0.39, 0.29) is 6.03 Å². The van der Waals surface area contributed by atoms with Crippen molar-refractivity contribution in [1.82, 2.24) is 19.9 Å². The van der Waals surface area contributed by atoms with Crippen molar-refractivity contribution in [3.05, 3.63) is 83.8 Å².